The first kappa shape index (κ1) is 26.9. The van der Waals surface area contributed by atoms with Crippen molar-refractivity contribution in [2.24, 2.45) is 0 Å². The summed E-state index contributed by atoms with van der Waals surface area (Å²) in [5, 5.41) is 4.43. The summed E-state index contributed by atoms with van der Waals surface area (Å²) >= 11 is 14.1. The van der Waals surface area contributed by atoms with Crippen LogP contribution in [0.4, 0.5) is 0 Å². The third-order valence-electron chi connectivity index (χ3n) is 6.47. The maximum Gasteiger partial charge on any atom is 0.243 e. The SMILES string of the molecule is CCC(C(=O)NC1CCCCC1)N(Cc1ccccc1C)C(=O)CSCc1c(Cl)cccc1Cl. The van der Waals surface area contributed by atoms with Gasteiger partial charge < -0.3 is 10.2 Å². The zero-order valence-corrected chi connectivity index (χ0v) is 22.3. The van der Waals surface area contributed by atoms with Crippen LogP contribution >= 0.6 is 35.0 Å². The van der Waals surface area contributed by atoms with Gasteiger partial charge in [0, 0.05) is 28.4 Å². The fraction of sp³-hybridized carbons (Fsp3) is 0.481. The lowest BCUT2D eigenvalue weighted by Gasteiger charge is -2.33. The van der Waals surface area contributed by atoms with Crippen LogP contribution in [0.2, 0.25) is 10.0 Å². The van der Waals surface area contributed by atoms with Crippen LogP contribution in [0, 0.1) is 6.92 Å². The molecule has 1 saturated carbocycles. The van der Waals surface area contributed by atoms with E-state index in [0.29, 0.717) is 28.8 Å². The summed E-state index contributed by atoms with van der Waals surface area (Å²) in [6.07, 6.45) is 6.12. The van der Waals surface area contributed by atoms with Crippen LogP contribution in [0.1, 0.15) is 62.1 Å². The number of carbonyl (C=O) groups excluding carboxylic acids is 2. The number of amides is 2. The monoisotopic (exact) mass is 520 g/mol. The molecule has 1 N–H and O–H groups in total. The smallest absolute Gasteiger partial charge is 0.243 e. The van der Waals surface area contributed by atoms with E-state index < -0.39 is 6.04 Å². The van der Waals surface area contributed by atoms with Crippen LogP contribution < -0.4 is 5.32 Å². The van der Waals surface area contributed by atoms with E-state index in [-0.39, 0.29) is 23.6 Å². The van der Waals surface area contributed by atoms with E-state index in [1.54, 1.807) is 17.0 Å². The van der Waals surface area contributed by atoms with E-state index >= 15 is 0 Å². The van der Waals surface area contributed by atoms with Gasteiger partial charge in [-0.05, 0) is 55.0 Å². The molecule has 1 atom stereocenters. The van der Waals surface area contributed by atoms with Crippen LogP contribution in [0.5, 0.6) is 0 Å². The highest BCUT2D eigenvalue weighted by Crippen LogP contribution is 2.29. The molecule has 0 spiro atoms. The lowest BCUT2D eigenvalue weighted by molar-refractivity contribution is -0.139. The Hall–Kier alpha value is -1.69. The molecule has 2 aromatic carbocycles. The Kier molecular flexibility index (Phi) is 10.6. The Morgan fingerprint density at radius 1 is 1.06 bits per heavy atom. The number of nitrogens with zero attached hydrogens (tertiary/aromatic N) is 1. The second kappa shape index (κ2) is 13.4. The average molecular weight is 522 g/mol. The first-order valence-corrected chi connectivity index (χ1v) is 14.0. The van der Waals surface area contributed by atoms with Crippen molar-refractivity contribution in [3.05, 3.63) is 69.2 Å². The van der Waals surface area contributed by atoms with E-state index in [2.05, 4.69) is 5.32 Å². The molecule has 34 heavy (non-hydrogen) atoms. The van der Waals surface area contributed by atoms with Gasteiger partial charge >= 0.3 is 0 Å². The molecule has 0 aromatic heterocycles. The van der Waals surface area contributed by atoms with E-state index in [1.165, 1.54) is 18.2 Å². The number of thioether (sulfide) groups is 1. The number of halogens is 2. The van der Waals surface area contributed by atoms with Gasteiger partial charge in [0.1, 0.15) is 6.04 Å². The Bertz CT molecular complexity index is 959. The summed E-state index contributed by atoms with van der Waals surface area (Å²) < 4.78 is 0. The Morgan fingerprint density at radius 3 is 2.38 bits per heavy atom. The molecule has 2 amide bonds. The minimum absolute atomic E-state index is 0.0458. The molecule has 2 aromatic rings. The summed E-state index contributed by atoms with van der Waals surface area (Å²) in [6, 6.07) is 13.2. The van der Waals surface area contributed by atoms with Crippen molar-refractivity contribution in [1.29, 1.82) is 0 Å². The standard InChI is InChI=1S/C27H34Cl2N2O2S/c1-3-25(27(33)30-21-12-5-4-6-13-21)31(16-20-11-8-7-10-19(20)2)26(32)18-34-17-22-23(28)14-9-15-24(22)29/h7-11,14-15,21,25H,3-6,12-13,16-18H2,1-2H3,(H,30,33). The number of hydrogen-bond acceptors (Lipinski definition) is 3. The number of nitrogens with one attached hydrogen (secondary N) is 1. The van der Waals surface area contributed by atoms with Gasteiger partial charge in [-0.25, -0.2) is 0 Å². The van der Waals surface area contributed by atoms with Crippen molar-refractivity contribution < 1.29 is 9.59 Å². The first-order chi connectivity index (χ1) is 16.4. The van der Waals surface area contributed by atoms with E-state index in [1.807, 2.05) is 44.2 Å². The fourth-order valence-corrected chi connectivity index (χ4v) is 6.08. The summed E-state index contributed by atoms with van der Waals surface area (Å²) in [5.74, 6) is 0.686. The Labute approximate surface area is 217 Å². The predicted molar refractivity (Wildman–Crippen MR) is 143 cm³/mol. The molecule has 0 aliphatic heterocycles. The molecule has 3 rings (SSSR count). The lowest BCUT2D eigenvalue weighted by atomic mass is 9.95. The van der Waals surface area contributed by atoms with Gasteiger partial charge in [-0.3, -0.25) is 9.59 Å². The summed E-state index contributed by atoms with van der Waals surface area (Å²) in [7, 11) is 0. The van der Waals surface area contributed by atoms with E-state index in [4.69, 9.17) is 23.2 Å². The topological polar surface area (TPSA) is 49.4 Å². The van der Waals surface area contributed by atoms with Crippen molar-refractivity contribution in [2.75, 3.05) is 5.75 Å². The van der Waals surface area contributed by atoms with E-state index in [9.17, 15) is 9.59 Å². The van der Waals surface area contributed by atoms with Crippen molar-refractivity contribution in [1.82, 2.24) is 10.2 Å². The van der Waals surface area contributed by atoms with Gasteiger partial charge in [-0.15, -0.1) is 11.8 Å². The normalized spacial score (nSPS) is 15.1. The predicted octanol–water partition coefficient (Wildman–Crippen LogP) is 6.79. The molecule has 0 heterocycles. The van der Waals surface area contributed by atoms with Crippen molar-refractivity contribution in [3.8, 4) is 0 Å². The zero-order valence-electron chi connectivity index (χ0n) is 20.0. The summed E-state index contributed by atoms with van der Waals surface area (Å²) in [5.41, 5.74) is 2.99. The number of rotatable bonds is 10. The number of benzene rings is 2. The average Bonchev–Trinajstić information content (AvgIpc) is 2.82. The molecule has 1 unspecified atom stereocenters. The van der Waals surface area contributed by atoms with Crippen LogP contribution in [-0.4, -0.2) is 34.6 Å². The van der Waals surface area contributed by atoms with Gasteiger partial charge in [-0.1, -0.05) is 79.7 Å². The molecule has 184 valence electrons. The molecular formula is C27H34Cl2N2O2S. The largest absolute Gasteiger partial charge is 0.352 e. The highest BCUT2D eigenvalue weighted by atomic mass is 35.5. The zero-order chi connectivity index (χ0) is 24.5. The summed E-state index contributed by atoms with van der Waals surface area (Å²) in [4.78, 5) is 28.5. The molecule has 0 radical (unpaired) electrons. The third kappa shape index (κ3) is 7.40. The van der Waals surface area contributed by atoms with Gasteiger partial charge in [0.05, 0.1) is 5.75 Å². The van der Waals surface area contributed by atoms with Gasteiger partial charge in [-0.2, -0.15) is 0 Å². The highest BCUT2D eigenvalue weighted by molar-refractivity contribution is 7.99. The van der Waals surface area contributed by atoms with Gasteiger partial charge in [0.2, 0.25) is 11.8 Å². The maximum atomic E-state index is 13.5. The minimum Gasteiger partial charge on any atom is -0.352 e. The fourth-order valence-electron chi connectivity index (χ4n) is 4.43. The number of hydrogen-bond donors (Lipinski definition) is 1. The van der Waals surface area contributed by atoms with Crippen LogP contribution in [0.3, 0.4) is 0 Å². The van der Waals surface area contributed by atoms with Crippen LogP contribution in [0.25, 0.3) is 0 Å². The third-order valence-corrected chi connectivity index (χ3v) is 8.13. The Morgan fingerprint density at radius 2 is 1.74 bits per heavy atom. The van der Waals surface area contributed by atoms with Gasteiger partial charge in [0.25, 0.3) is 0 Å². The van der Waals surface area contributed by atoms with E-state index in [0.717, 1.165) is 42.4 Å². The number of carbonyl (C=O) groups is 2. The minimum atomic E-state index is -0.501. The second-order valence-electron chi connectivity index (χ2n) is 8.91. The number of aryl methyl sites for hydroxylation is 1. The molecular weight excluding hydrogens is 487 g/mol. The van der Waals surface area contributed by atoms with Crippen molar-refractivity contribution >= 4 is 46.8 Å². The Balaban J connectivity index is 1.73. The molecule has 0 bridgehead atoms. The molecule has 1 aliphatic carbocycles. The van der Waals surface area contributed by atoms with Gasteiger partial charge in [0.15, 0.2) is 0 Å². The highest BCUT2D eigenvalue weighted by Gasteiger charge is 2.30. The van der Waals surface area contributed by atoms with Crippen molar-refractivity contribution in [3.63, 3.8) is 0 Å². The molecule has 1 aliphatic rings. The second-order valence-corrected chi connectivity index (χ2v) is 10.7. The molecule has 0 saturated heterocycles. The molecule has 7 heteroatoms. The quantitative estimate of drug-likeness (QED) is 0.375. The van der Waals surface area contributed by atoms with Crippen LogP contribution in [-0.2, 0) is 21.9 Å². The first-order valence-electron chi connectivity index (χ1n) is 12.1. The lowest BCUT2D eigenvalue weighted by Crippen LogP contribution is -2.52. The molecule has 4 nitrogen and oxygen atoms in total. The summed E-state index contributed by atoms with van der Waals surface area (Å²) in [6.45, 7) is 4.42. The van der Waals surface area contributed by atoms with Crippen molar-refractivity contribution in [2.45, 2.75) is 76.8 Å². The van der Waals surface area contributed by atoms with Crippen LogP contribution in [0.15, 0.2) is 42.5 Å². The maximum absolute atomic E-state index is 13.5. The molecule has 1 fully saturated rings.